The first-order chi connectivity index (χ1) is 7.92. The van der Waals surface area contributed by atoms with Crippen molar-refractivity contribution in [2.75, 3.05) is 0 Å². The van der Waals surface area contributed by atoms with E-state index < -0.39 is 0 Å². The third-order valence-electron chi connectivity index (χ3n) is 2.37. The molecule has 0 bridgehead atoms. The van der Waals surface area contributed by atoms with E-state index in [-0.39, 0.29) is 0 Å². The summed E-state index contributed by atoms with van der Waals surface area (Å²) in [4.78, 5) is 5.76. The molecule has 0 fully saturated rings. The second-order valence-corrected chi connectivity index (χ2v) is 3.58. The first kappa shape index (κ1) is 9.03. The van der Waals surface area contributed by atoms with Crippen LogP contribution in [0.1, 0.15) is 5.56 Å². The fourth-order valence-corrected chi connectivity index (χ4v) is 1.63. The Morgan fingerprint density at radius 2 is 1.69 bits per heavy atom. The van der Waals surface area contributed by atoms with Gasteiger partial charge in [-0.2, -0.15) is 15.0 Å². The molecule has 0 aliphatic heterocycles. The van der Waals surface area contributed by atoms with Crippen molar-refractivity contribution in [2.45, 2.75) is 6.54 Å². The van der Waals surface area contributed by atoms with Gasteiger partial charge in [-0.25, -0.2) is 0 Å². The van der Waals surface area contributed by atoms with Crippen molar-refractivity contribution >= 4 is 11.0 Å². The summed E-state index contributed by atoms with van der Waals surface area (Å²) in [7, 11) is 0. The van der Waals surface area contributed by atoms with Crippen LogP contribution >= 0.6 is 0 Å². The van der Waals surface area contributed by atoms with Crippen LogP contribution in [0.5, 0.6) is 0 Å². The zero-order valence-corrected chi connectivity index (χ0v) is 8.61. The van der Waals surface area contributed by atoms with E-state index in [1.165, 1.54) is 0 Å². The lowest BCUT2D eigenvalue weighted by molar-refractivity contribution is 0.599. The second kappa shape index (κ2) is 3.73. The molecule has 4 heteroatoms. The highest BCUT2D eigenvalue weighted by Gasteiger charge is 2.01. The Morgan fingerprint density at radius 3 is 2.31 bits per heavy atom. The van der Waals surface area contributed by atoms with Gasteiger partial charge in [-0.15, -0.1) is 0 Å². The van der Waals surface area contributed by atoms with Gasteiger partial charge >= 0.3 is 0 Å². The predicted molar refractivity (Wildman–Crippen MR) is 60.9 cm³/mol. The molecule has 1 aromatic carbocycles. The molecule has 0 aliphatic carbocycles. The lowest BCUT2D eigenvalue weighted by atomic mass is 10.3. The highest BCUT2D eigenvalue weighted by Crippen LogP contribution is 2.08. The Morgan fingerprint density at radius 1 is 0.938 bits per heavy atom. The average molecular weight is 210 g/mol. The number of nitrogens with zero attached hydrogens (tertiary/aromatic N) is 4. The van der Waals surface area contributed by atoms with Gasteiger partial charge in [0.25, 0.3) is 0 Å². The van der Waals surface area contributed by atoms with Gasteiger partial charge < -0.3 is 0 Å². The quantitative estimate of drug-likeness (QED) is 0.648. The van der Waals surface area contributed by atoms with Gasteiger partial charge in [-0.05, 0) is 23.8 Å². The number of aromatic nitrogens is 4. The number of hydrogen-bond donors (Lipinski definition) is 0. The minimum absolute atomic E-state index is 0.655. The molecule has 16 heavy (non-hydrogen) atoms. The maximum Gasteiger partial charge on any atom is 0.113 e. The first-order valence-electron chi connectivity index (χ1n) is 5.10. The maximum absolute atomic E-state index is 4.39. The van der Waals surface area contributed by atoms with Crippen molar-refractivity contribution < 1.29 is 0 Å². The van der Waals surface area contributed by atoms with Gasteiger partial charge in [0.2, 0.25) is 0 Å². The summed E-state index contributed by atoms with van der Waals surface area (Å²) in [6.45, 7) is 0.655. The van der Waals surface area contributed by atoms with Crippen LogP contribution in [-0.2, 0) is 6.54 Å². The smallest absolute Gasteiger partial charge is 0.113 e. The first-order valence-corrected chi connectivity index (χ1v) is 5.10. The van der Waals surface area contributed by atoms with Crippen molar-refractivity contribution in [3.8, 4) is 0 Å². The molecule has 3 rings (SSSR count). The third-order valence-corrected chi connectivity index (χ3v) is 2.37. The largest absolute Gasteiger partial charge is 0.264 e. The van der Waals surface area contributed by atoms with Crippen LogP contribution in [-0.4, -0.2) is 20.0 Å². The average Bonchev–Trinajstić information content (AvgIpc) is 2.72. The lowest BCUT2D eigenvalue weighted by Gasteiger charge is -1.97. The summed E-state index contributed by atoms with van der Waals surface area (Å²) in [6.07, 6.45) is 3.59. The van der Waals surface area contributed by atoms with Crippen LogP contribution in [0.15, 0.2) is 48.8 Å². The molecule has 4 nitrogen and oxygen atoms in total. The molecule has 0 saturated carbocycles. The minimum atomic E-state index is 0.655. The zero-order valence-electron chi connectivity index (χ0n) is 8.61. The third kappa shape index (κ3) is 1.65. The van der Waals surface area contributed by atoms with E-state index in [2.05, 4.69) is 15.2 Å². The van der Waals surface area contributed by atoms with E-state index >= 15 is 0 Å². The van der Waals surface area contributed by atoms with Crippen LogP contribution in [0.2, 0.25) is 0 Å². The lowest BCUT2D eigenvalue weighted by Crippen LogP contribution is -2.03. The second-order valence-electron chi connectivity index (χ2n) is 3.58. The van der Waals surface area contributed by atoms with Gasteiger partial charge in [0.15, 0.2) is 0 Å². The molecule has 0 saturated heterocycles. The van der Waals surface area contributed by atoms with Crippen molar-refractivity contribution in [2.24, 2.45) is 0 Å². The molecule has 0 amide bonds. The molecule has 3 aromatic rings. The Kier molecular flexibility index (Phi) is 2.11. The molecule has 0 aliphatic rings. The summed E-state index contributed by atoms with van der Waals surface area (Å²) in [5.41, 5.74) is 2.94. The summed E-state index contributed by atoms with van der Waals surface area (Å²) in [5, 5.41) is 8.77. The fourth-order valence-electron chi connectivity index (χ4n) is 1.63. The standard InChI is InChI=1S/C12H10N4/c1-2-6-12-11(5-1)14-16(15-12)9-10-4-3-7-13-8-10/h1-8H,9H2. The molecule has 0 N–H and O–H groups in total. The van der Waals surface area contributed by atoms with E-state index in [1.54, 1.807) is 11.0 Å². The van der Waals surface area contributed by atoms with E-state index in [4.69, 9.17) is 0 Å². The molecule has 0 unspecified atom stereocenters. The van der Waals surface area contributed by atoms with E-state index in [0.29, 0.717) is 6.54 Å². The number of pyridine rings is 1. The van der Waals surface area contributed by atoms with Gasteiger partial charge in [0.05, 0.1) is 6.54 Å². The predicted octanol–water partition coefficient (Wildman–Crippen LogP) is 1.87. The molecule has 2 heterocycles. The molecular formula is C12H10N4. The van der Waals surface area contributed by atoms with Crippen molar-refractivity contribution in [3.05, 3.63) is 54.4 Å². The Balaban J connectivity index is 1.95. The fraction of sp³-hybridized carbons (Fsp3) is 0.0833. The van der Waals surface area contributed by atoms with Crippen molar-refractivity contribution in [1.82, 2.24) is 20.0 Å². The van der Waals surface area contributed by atoms with E-state index in [1.807, 2.05) is 42.6 Å². The van der Waals surface area contributed by atoms with E-state index in [0.717, 1.165) is 16.6 Å². The Labute approximate surface area is 92.6 Å². The van der Waals surface area contributed by atoms with Crippen molar-refractivity contribution in [3.63, 3.8) is 0 Å². The topological polar surface area (TPSA) is 43.6 Å². The molecular weight excluding hydrogens is 200 g/mol. The van der Waals surface area contributed by atoms with Crippen LogP contribution in [0, 0.1) is 0 Å². The molecule has 0 spiro atoms. The van der Waals surface area contributed by atoms with Crippen LogP contribution in [0.4, 0.5) is 0 Å². The summed E-state index contributed by atoms with van der Waals surface area (Å²) in [5.74, 6) is 0. The minimum Gasteiger partial charge on any atom is -0.264 e. The summed E-state index contributed by atoms with van der Waals surface area (Å²) < 4.78 is 0. The molecule has 0 radical (unpaired) electrons. The van der Waals surface area contributed by atoms with Gasteiger partial charge in [0.1, 0.15) is 11.0 Å². The van der Waals surface area contributed by atoms with Crippen molar-refractivity contribution in [1.29, 1.82) is 0 Å². The maximum atomic E-state index is 4.39. The molecule has 2 aromatic heterocycles. The summed E-state index contributed by atoms with van der Waals surface area (Å²) >= 11 is 0. The van der Waals surface area contributed by atoms with Crippen LogP contribution in [0.3, 0.4) is 0 Å². The Bertz CT molecular complexity index is 567. The molecule has 0 atom stereocenters. The number of hydrogen-bond acceptors (Lipinski definition) is 3. The Hall–Kier alpha value is -2.23. The number of fused-ring (bicyclic) bond motifs is 1. The van der Waals surface area contributed by atoms with Crippen LogP contribution in [0.25, 0.3) is 11.0 Å². The van der Waals surface area contributed by atoms with Gasteiger partial charge in [-0.1, -0.05) is 18.2 Å². The highest BCUT2D eigenvalue weighted by molar-refractivity contribution is 5.72. The SMILES string of the molecule is c1cncc(Cn2nc3ccccc3n2)c1. The summed E-state index contributed by atoms with van der Waals surface area (Å²) in [6, 6.07) is 11.8. The monoisotopic (exact) mass is 210 g/mol. The zero-order chi connectivity index (χ0) is 10.8. The van der Waals surface area contributed by atoms with E-state index in [9.17, 15) is 0 Å². The molecule has 78 valence electrons. The number of benzene rings is 1. The van der Waals surface area contributed by atoms with Crippen LogP contribution < -0.4 is 0 Å². The van der Waals surface area contributed by atoms with Gasteiger partial charge in [0, 0.05) is 12.4 Å². The van der Waals surface area contributed by atoms with Gasteiger partial charge in [-0.3, -0.25) is 4.98 Å². The number of rotatable bonds is 2. The highest BCUT2D eigenvalue weighted by atomic mass is 15.5. The normalized spacial score (nSPS) is 10.8.